The molecule has 2 aromatic carbocycles. The minimum Gasteiger partial charge on any atom is -0.465 e. The Balaban J connectivity index is 1.59. The molecule has 0 fully saturated rings. The SMILES string of the molecule is COC(=O)c1cccc(NC(=O)CCc2ncc(-c3ccccc3Cl)o2)c1. The summed E-state index contributed by atoms with van der Waals surface area (Å²) < 4.78 is 10.3. The van der Waals surface area contributed by atoms with E-state index in [2.05, 4.69) is 15.0 Å². The van der Waals surface area contributed by atoms with Crippen molar-refractivity contribution in [3.63, 3.8) is 0 Å². The van der Waals surface area contributed by atoms with E-state index in [1.54, 1.807) is 36.5 Å². The summed E-state index contributed by atoms with van der Waals surface area (Å²) in [5.74, 6) is 0.331. The highest BCUT2D eigenvalue weighted by Crippen LogP contribution is 2.28. The fourth-order valence-electron chi connectivity index (χ4n) is 2.50. The second-order valence-corrected chi connectivity index (χ2v) is 6.13. The van der Waals surface area contributed by atoms with Gasteiger partial charge in [0.1, 0.15) is 0 Å². The molecular weight excluding hydrogens is 368 g/mol. The van der Waals surface area contributed by atoms with E-state index in [1.165, 1.54) is 7.11 Å². The highest BCUT2D eigenvalue weighted by Gasteiger charge is 2.12. The monoisotopic (exact) mass is 384 g/mol. The first-order chi connectivity index (χ1) is 13.1. The number of amides is 1. The molecule has 0 aliphatic carbocycles. The van der Waals surface area contributed by atoms with E-state index < -0.39 is 5.97 Å². The molecule has 0 saturated heterocycles. The molecule has 0 saturated carbocycles. The zero-order valence-corrected chi connectivity index (χ0v) is 15.3. The maximum absolute atomic E-state index is 12.1. The van der Waals surface area contributed by atoms with Crippen LogP contribution in [0.25, 0.3) is 11.3 Å². The van der Waals surface area contributed by atoms with Crippen LogP contribution in [0.2, 0.25) is 5.02 Å². The number of carbonyl (C=O) groups excluding carboxylic acids is 2. The van der Waals surface area contributed by atoms with Crippen LogP contribution in [-0.4, -0.2) is 24.0 Å². The molecule has 0 bridgehead atoms. The van der Waals surface area contributed by atoms with Gasteiger partial charge >= 0.3 is 5.97 Å². The lowest BCUT2D eigenvalue weighted by molar-refractivity contribution is -0.116. The molecule has 3 aromatic rings. The van der Waals surface area contributed by atoms with Gasteiger partial charge in [0.25, 0.3) is 0 Å². The van der Waals surface area contributed by atoms with Gasteiger partial charge in [-0.05, 0) is 30.3 Å². The third-order valence-electron chi connectivity index (χ3n) is 3.83. The van der Waals surface area contributed by atoms with Gasteiger partial charge in [-0.2, -0.15) is 0 Å². The fourth-order valence-corrected chi connectivity index (χ4v) is 2.73. The Kier molecular flexibility index (Phi) is 5.88. The summed E-state index contributed by atoms with van der Waals surface area (Å²) in [6, 6.07) is 13.9. The summed E-state index contributed by atoms with van der Waals surface area (Å²) in [4.78, 5) is 27.9. The Hall–Kier alpha value is -3.12. The van der Waals surface area contributed by atoms with E-state index in [-0.39, 0.29) is 12.3 Å². The predicted octanol–water partition coefficient (Wildman–Crippen LogP) is 4.35. The maximum atomic E-state index is 12.1. The molecule has 0 radical (unpaired) electrons. The molecule has 0 aliphatic rings. The summed E-state index contributed by atoms with van der Waals surface area (Å²) in [5, 5.41) is 3.31. The van der Waals surface area contributed by atoms with Crippen LogP contribution in [0.15, 0.2) is 59.1 Å². The molecule has 0 spiro atoms. The molecule has 138 valence electrons. The van der Waals surface area contributed by atoms with Crippen molar-refractivity contribution in [3.05, 3.63) is 71.2 Å². The highest BCUT2D eigenvalue weighted by atomic mass is 35.5. The second-order valence-electron chi connectivity index (χ2n) is 5.72. The number of anilines is 1. The molecule has 0 unspecified atom stereocenters. The van der Waals surface area contributed by atoms with Gasteiger partial charge in [0.05, 0.1) is 23.9 Å². The van der Waals surface area contributed by atoms with E-state index in [1.807, 2.05) is 18.2 Å². The van der Waals surface area contributed by atoms with E-state index in [0.717, 1.165) is 5.56 Å². The van der Waals surface area contributed by atoms with Crippen LogP contribution in [0.4, 0.5) is 5.69 Å². The Bertz CT molecular complexity index is 968. The Labute approximate surface area is 161 Å². The molecule has 27 heavy (non-hydrogen) atoms. The summed E-state index contributed by atoms with van der Waals surface area (Å²) in [6.07, 6.45) is 2.12. The number of hydrogen-bond donors (Lipinski definition) is 1. The van der Waals surface area contributed by atoms with Crippen molar-refractivity contribution in [2.24, 2.45) is 0 Å². The first-order valence-electron chi connectivity index (χ1n) is 8.24. The van der Waals surface area contributed by atoms with Crippen molar-refractivity contribution in [1.29, 1.82) is 0 Å². The molecule has 0 atom stereocenters. The summed E-state index contributed by atoms with van der Waals surface area (Å²) in [6.45, 7) is 0. The van der Waals surface area contributed by atoms with E-state index >= 15 is 0 Å². The Morgan fingerprint density at radius 3 is 2.78 bits per heavy atom. The Morgan fingerprint density at radius 2 is 2.00 bits per heavy atom. The van der Waals surface area contributed by atoms with Crippen LogP contribution in [0.1, 0.15) is 22.7 Å². The number of aryl methyl sites for hydroxylation is 1. The summed E-state index contributed by atoms with van der Waals surface area (Å²) in [7, 11) is 1.31. The van der Waals surface area contributed by atoms with Crippen LogP contribution >= 0.6 is 11.6 Å². The average Bonchev–Trinajstić information content (AvgIpc) is 3.15. The largest absolute Gasteiger partial charge is 0.465 e. The number of rotatable bonds is 6. The number of nitrogens with zero attached hydrogens (tertiary/aromatic N) is 1. The predicted molar refractivity (Wildman–Crippen MR) is 102 cm³/mol. The zero-order valence-electron chi connectivity index (χ0n) is 14.6. The zero-order chi connectivity index (χ0) is 19.2. The average molecular weight is 385 g/mol. The van der Waals surface area contributed by atoms with E-state index in [4.69, 9.17) is 16.0 Å². The smallest absolute Gasteiger partial charge is 0.337 e. The van der Waals surface area contributed by atoms with Crippen molar-refractivity contribution in [1.82, 2.24) is 4.98 Å². The first-order valence-corrected chi connectivity index (χ1v) is 8.62. The molecule has 0 aliphatic heterocycles. The minimum atomic E-state index is -0.460. The number of carbonyl (C=O) groups is 2. The normalized spacial score (nSPS) is 10.4. The van der Waals surface area contributed by atoms with Gasteiger partial charge in [0.15, 0.2) is 11.7 Å². The molecular formula is C20H17ClN2O4. The molecule has 1 aromatic heterocycles. The number of hydrogen-bond acceptors (Lipinski definition) is 5. The van der Waals surface area contributed by atoms with Gasteiger partial charge < -0.3 is 14.5 Å². The lowest BCUT2D eigenvalue weighted by Crippen LogP contribution is -2.13. The molecule has 1 N–H and O–H groups in total. The van der Waals surface area contributed by atoms with Gasteiger partial charge in [0, 0.05) is 24.1 Å². The summed E-state index contributed by atoms with van der Waals surface area (Å²) in [5.41, 5.74) is 1.64. The number of ether oxygens (including phenoxy) is 1. The van der Waals surface area contributed by atoms with Crippen molar-refractivity contribution in [2.45, 2.75) is 12.8 Å². The van der Waals surface area contributed by atoms with E-state index in [0.29, 0.717) is 34.3 Å². The number of aromatic nitrogens is 1. The third-order valence-corrected chi connectivity index (χ3v) is 4.16. The molecule has 7 heteroatoms. The quantitative estimate of drug-likeness (QED) is 0.639. The molecule has 1 heterocycles. The number of esters is 1. The van der Waals surface area contributed by atoms with Gasteiger partial charge in [0.2, 0.25) is 5.91 Å². The van der Waals surface area contributed by atoms with Crippen LogP contribution in [0, 0.1) is 0 Å². The number of methoxy groups -OCH3 is 1. The van der Waals surface area contributed by atoms with Crippen LogP contribution < -0.4 is 5.32 Å². The maximum Gasteiger partial charge on any atom is 0.337 e. The van der Waals surface area contributed by atoms with Gasteiger partial charge in [-0.1, -0.05) is 29.8 Å². The van der Waals surface area contributed by atoms with Gasteiger partial charge in [-0.15, -0.1) is 0 Å². The number of halogens is 1. The first kappa shape index (κ1) is 18.7. The van der Waals surface area contributed by atoms with Crippen LogP contribution in [0.5, 0.6) is 0 Å². The lowest BCUT2D eigenvalue weighted by Gasteiger charge is -2.06. The molecule has 3 rings (SSSR count). The van der Waals surface area contributed by atoms with Gasteiger partial charge in [-0.3, -0.25) is 4.79 Å². The highest BCUT2D eigenvalue weighted by molar-refractivity contribution is 6.33. The second kappa shape index (κ2) is 8.51. The third kappa shape index (κ3) is 4.74. The number of benzene rings is 2. The molecule has 1 amide bonds. The summed E-state index contributed by atoms with van der Waals surface area (Å²) >= 11 is 6.15. The Morgan fingerprint density at radius 1 is 1.19 bits per heavy atom. The van der Waals surface area contributed by atoms with Crippen LogP contribution in [-0.2, 0) is 16.0 Å². The van der Waals surface area contributed by atoms with E-state index in [9.17, 15) is 9.59 Å². The molecule has 6 nitrogen and oxygen atoms in total. The van der Waals surface area contributed by atoms with Crippen molar-refractivity contribution < 1.29 is 18.7 Å². The minimum absolute atomic E-state index is 0.185. The van der Waals surface area contributed by atoms with Crippen molar-refractivity contribution in [3.8, 4) is 11.3 Å². The fraction of sp³-hybridized carbons (Fsp3) is 0.150. The van der Waals surface area contributed by atoms with Crippen molar-refractivity contribution in [2.75, 3.05) is 12.4 Å². The van der Waals surface area contributed by atoms with Crippen molar-refractivity contribution >= 4 is 29.2 Å². The number of oxazole rings is 1. The topological polar surface area (TPSA) is 81.4 Å². The van der Waals surface area contributed by atoms with Gasteiger partial charge in [-0.25, -0.2) is 9.78 Å². The lowest BCUT2D eigenvalue weighted by atomic mass is 10.2. The number of nitrogens with one attached hydrogen (secondary N) is 1. The standard InChI is InChI=1S/C20H17ClN2O4/c1-26-20(25)13-5-4-6-14(11-13)23-18(24)9-10-19-22-12-17(27-19)15-7-2-3-8-16(15)21/h2-8,11-12H,9-10H2,1H3,(H,23,24). The van der Waals surface area contributed by atoms with Crippen LogP contribution in [0.3, 0.4) is 0 Å².